The molecule has 1 fully saturated rings. The van der Waals surface area contributed by atoms with Gasteiger partial charge in [-0.15, -0.1) is 0 Å². The zero-order valence-corrected chi connectivity index (χ0v) is 16.8. The van der Waals surface area contributed by atoms with E-state index in [-0.39, 0.29) is 24.1 Å². The third kappa shape index (κ3) is 4.07. The minimum absolute atomic E-state index is 0.0648. The van der Waals surface area contributed by atoms with Crippen molar-refractivity contribution in [3.05, 3.63) is 54.1 Å². The van der Waals surface area contributed by atoms with Crippen LogP contribution in [-0.2, 0) is 9.59 Å². The second-order valence-electron chi connectivity index (χ2n) is 7.33. The summed E-state index contributed by atoms with van der Waals surface area (Å²) in [6.45, 7) is 2.48. The number of para-hydroxylation sites is 1. The fourth-order valence-electron chi connectivity index (χ4n) is 3.78. The fraction of sp³-hybridized carbons (Fsp3) is 0.318. The number of rotatable bonds is 4. The van der Waals surface area contributed by atoms with Crippen molar-refractivity contribution >= 4 is 29.1 Å². The molecule has 0 bridgehead atoms. The van der Waals surface area contributed by atoms with Gasteiger partial charge in [0.25, 0.3) is 5.91 Å². The maximum absolute atomic E-state index is 12.8. The van der Waals surface area contributed by atoms with Gasteiger partial charge >= 0.3 is 0 Å². The zero-order valence-electron chi connectivity index (χ0n) is 16.8. The molecule has 0 unspecified atom stereocenters. The number of benzene rings is 2. The molecule has 3 amide bonds. The van der Waals surface area contributed by atoms with Gasteiger partial charge in [0.05, 0.1) is 24.8 Å². The van der Waals surface area contributed by atoms with Crippen molar-refractivity contribution in [3.8, 4) is 5.75 Å². The molecule has 0 radical (unpaired) electrons. The minimum atomic E-state index is -0.895. The zero-order chi connectivity index (χ0) is 21.1. The van der Waals surface area contributed by atoms with Crippen LogP contribution in [0.4, 0.5) is 11.4 Å². The number of ether oxygens (including phenoxy) is 1. The Bertz CT molecular complexity index is 969. The molecule has 0 aliphatic carbocycles. The monoisotopic (exact) mass is 408 g/mol. The summed E-state index contributed by atoms with van der Waals surface area (Å²) in [6, 6.07) is 13.7. The molecule has 156 valence electrons. The van der Waals surface area contributed by atoms with E-state index in [1.54, 1.807) is 36.3 Å². The van der Waals surface area contributed by atoms with E-state index in [2.05, 4.69) is 15.5 Å². The Morgan fingerprint density at radius 3 is 2.60 bits per heavy atom. The molecule has 1 atom stereocenters. The Morgan fingerprint density at radius 1 is 1.07 bits per heavy atom. The molecule has 0 saturated carbocycles. The Kier molecular flexibility index (Phi) is 5.56. The van der Waals surface area contributed by atoms with E-state index in [1.165, 1.54) is 0 Å². The lowest BCUT2D eigenvalue weighted by Gasteiger charge is -2.36. The Labute approximate surface area is 174 Å². The molecule has 2 aliphatic heterocycles. The first-order valence-electron chi connectivity index (χ1n) is 9.92. The van der Waals surface area contributed by atoms with Crippen LogP contribution in [0, 0.1) is 0 Å². The molecular formula is C22H24N4O4. The molecule has 0 spiro atoms. The lowest BCUT2D eigenvalue weighted by atomic mass is 10.1. The van der Waals surface area contributed by atoms with E-state index in [0.29, 0.717) is 37.4 Å². The third-order valence-electron chi connectivity index (χ3n) is 5.48. The minimum Gasteiger partial charge on any atom is -0.497 e. The van der Waals surface area contributed by atoms with Gasteiger partial charge < -0.3 is 25.2 Å². The van der Waals surface area contributed by atoms with Gasteiger partial charge in [0.1, 0.15) is 11.8 Å². The number of nitrogens with one attached hydrogen (secondary N) is 2. The smallest absolute Gasteiger partial charge is 0.254 e. The van der Waals surface area contributed by atoms with E-state index >= 15 is 0 Å². The van der Waals surface area contributed by atoms with Gasteiger partial charge in [-0.1, -0.05) is 18.2 Å². The average molecular weight is 408 g/mol. The van der Waals surface area contributed by atoms with Crippen LogP contribution < -0.4 is 20.3 Å². The van der Waals surface area contributed by atoms with Gasteiger partial charge in [0.2, 0.25) is 11.8 Å². The van der Waals surface area contributed by atoms with Crippen molar-refractivity contribution in [1.82, 2.24) is 10.2 Å². The number of amides is 3. The number of nitrogens with zero attached hydrogens (tertiary/aromatic N) is 2. The number of piperazine rings is 1. The lowest BCUT2D eigenvalue weighted by Crippen LogP contribution is -2.51. The van der Waals surface area contributed by atoms with Crippen LogP contribution in [0.1, 0.15) is 16.8 Å². The fourth-order valence-corrected chi connectivity index (χ4v) is 3.78. The molecule has 2 aromatic carbocycles. The van der Waals surface area contributed by atoms with Crippen molar-refractivity contribution in [2.45, 2.75) is 12.5 Å². The first-order chi connectivity index (χ1) is 14.5. The van der Waals surface area contributed by atoms with Crippen LogP contribution in [0.2, 0.25) is 0 Å². The van der Waals surface area contributed by atoms with Crippen LogP contribution in [0.5, 0.6) is 5.75 Å². The summed E-state index contributed by atoms with van der Waals surface area (Å²) in [7, 11) is 1.64. The highest BCUT2D eigenvalue weighted by molar-refractivity contribution is 6.10. The predicted octanol–water partition coefficient (Wildman–Crippen LogP) is 1.48. The van der Waals surface area contributed by atoms with Crippen LogP contribution in [0.3, 0.4) is 0 Å². The third-order valence-corrected chi connectivity index (χ3v) is 5.48. The molecular weight excluding hydrogens is 384 g/mol. The number of carbonyl (C=O) groups excluding carboxylic acids is 3. The summed E-state index contributed by atoms with van der Waals surface area (Å²) in [5.41, 5.74) is 1.91. The Hall–Kier alpha value is -3.55. The van der Waals surface area contributed by atoms with Crippen molar-refractivity contribution in [2.24, 2.45) is 0 Å². The maximum Gasteiger partial charge on any atom is 0.254 e. The summed E-state index contributed by atoms with van der Waals surface area (Å²) in [5.74, 6) is -0.0879. The van der Waals surface area contributed by atoms with Crippen LogP contribution in [-0.4, -0.2) is 62.0 Å². The largest absolute Gasteiger partial charge is 0.497 e. The number of carbonyl (C=O) groups is 3. The van der Waals surface area contributed by atoms with E-state index in [9.17, 15) is 14.4 Å². The summed E-state index contributed by atoms with van der Waals surface area (Å²) < 4.78 is 5.28. The Morgan fingerprint density at radius 2 is 1.83 bits per heavy atom. The van der Waals surface area contributed by atoms with E-state index in [0.717, 1.165) is 11.4 Å². The number of anilines is 2. The second kappa shape index (κ2) is 8.44. The summed E-state index contributed by atoms with van der Waals surface area (Å²) >= 11 is 0. The molecule has 0 aromatic heterocycles. The van der Waals surface area contributed by atoms with Gasteiger partial charge in [-0.3, -0.25) is 14.4 Å². The van der Waals surface area contributed by atoms with Crippen molar-refractivity contribution in [2.75, 3.05) is 43.5 Å². The standard InChI is InChI=1S/C22H24N4O4/c1-30-16-6-4-5-15(13-16)25-9-11-26(12-10-25)20(27)14-19-22(29)23-18-8-3-2-7-17(18)21(28)24-19/h2-8,13,19H,9-12,14H2,1H3,(H,23,29)(H,24,28)/t19-/m0/s1. The van der Waals surface area contributed by atoms with Gasteiger partial charge in [0.15, 0.2) is 0 Å². The van der Waals surface area contributed by atoms with E-state index in [1.807, 2.05) is 24.3 Å². The number of methoxy groups -OCH3 is 1. The molecule has 2 aromatic rings. The van der Waals surface area contributed by atoms with Crippen LogP contribution in [0.25, 0.3) is 0 Å². The van der Waals surface area contributed by atoms with Crippen molar-refractivity contribution < 1.29 is 19.1 Å². The van der Waals surface area contributed by atoms with Crippen molar-refractivity contribution in [3.63, 3.8) is 0 Å². The van der Waals surface area contributed by atoms with Gasteiger partial charge in [0, 0.05) is 37.9 Å². The van der Waals surface area contributed by atoms with E-state index in [4.69, 9.17) is 4.74 Å². The molecule has 1 saturated heterocycles. The Balaban J connectivity index is 1.36. The van der Waals surface area contributed by atoms with Crippen LogP contribution in [0.15, 0.2) is 48.5 Å². The molecule has 2 aliphatic rings. The summed E-state index contributed by atoms with van der Waals surface area (Å²) in [5, 5.41) is 5.42. The molecule has 2 N–H and O–H groups in total. The highest BCUT2D eigenvalue weighted by Crippen LogP contribution is 2.23. The molecule has 30 heavy (non-hydrogen) atoms. The number of hydrogen-bond donors (Lipinski definition) is 2. The number of fused-ring (bicyclic) bond motifs is 1. The van der Waals surface area contributed by atoms with Gasteiger partial charge in [-0.2, -0.15) is 0 Å². The molecule has 8 nitrogen and oxygen atoms in total. The predicted molar refractivity (Wildman–Crippen MR) is 113 cm³/mol. The molecule has 4 rings (SSSR count). The quantitative estimate of drug-likeness (QED) is 0.800. The normalized spacial score (nSPS) is 18.8. The summed E-state index contributed by atoms with van der Waals surface area (Å²) in [4.78, 5) is 41.7. The maximum atomic E-state index is 12.8. The lowest BCUT2D eigenvalue weighted by molar-refractivity contribution is -0.134. The SMILES string of the molecule is COc1cccc(N2CCN(C(=O)C[C@@H]3NC(=O)c4ccccc4NC3=O)CC2)c1. The first-order valence-corrected chi connectivity index (χ1v) is 9.92. The molecule has 8 heteroatoms. The van der Waals surface area contributed by atoms with Gasteiger partial charge in [-0.05, 0) is 24.3 Å². The van der Waals surface area contributed by atoms with E-state index < -0.39 is 6.04 Å². The highest BCUT2D eigenvalue weighted by Gasteiger charge is 2.31. The number of hydrogen-bond acceptors (Lipinski definition) is 5. The van der Waals surface area contributed by atoms with Crippen LogP contribution >= 0.6 is 0 Å². The molecule has 2 heterocycles. The van der Waals surface area contributed by atoms with Gasteiger partial charge in [-0.25, -0.2) is 0 Å². The second-order valence-corrected chi connectivity index (χ2v) is 7.33. The first kappa shape index (κ1) is 19.8. The van der Waals surface area contributed by atoms with Crippen molar-refractivity contribution in [1.29, 1.82) is 0 Å². The summed E-state index contributed by atoms with van der Waals surface area (Å²) in [6.07, 6.45) is -0.0648. The highest BCUT2D eigenvalue weighted by atomic mass is 16.5. The topological polar surface area (TPSA) is 91.0 Å². The average Bonchev–Trinajstić information content (AvgIpc) is 2.90.